The average molecular weight is 262 g/mol. The molecule has 0 aliphatic carbocycles. The van der Waals surface area contributed by atoms with Gasteiger partial charge in [-0.25, -0.2) is 4.79 Å². The molecule has 2 rings (SSSR count). The van der Waals surface area contributed by atoms with E-state index in [0.717, 1.165) is 5.56 Å². The Bertz CT molecular complexity index is 461. The number of rotatable bonds is 2. The first kappa shape index (κ1) is 13.4. The lowest BCUT2D eigenvalue weighted by atomic mass is 10.1. The van der Waals surface area contributed by atoms with Crippen LogP contribution in [0, 0.1) is 0 Å². The second kappa shape index (κ2) is 5.73. The minimum Gasteiger partial charge on any atom is -0.465 e. The highest BCUT2D eigenvalue weighted by Crippen LogP contribution is 2.12. The van der Waals surface area contributed by atoms with Crippen molar-refractivity contribution in [2.24, 2.45) is 0 Å². The van der Waals surface area contributed by atoms with Gasteiger partial charge in [0.15, 0.2) is 0 Å². The zero-order valence-corrected chi connectivity index (χ0v) is 11.0. The molecule has 1 fully saturated rings. The smallest absolute Gasteiger partial charge is 0.407 e. The normalized spacial score (nSPS) is 19.3. The Kier molecular flexibility index (Phi) is 4.04. The van der Waals surface area contributed by atoms with Crippen molar-refractivity contribution < 1.29 is 14.7 Å². The van der Waals surface area contributed by atoms with Crippen molar-refractivity contribution in [3.63, 3.8) is 0 Å². The maximum atomic E-state index is 12.2. The molecule has 0 spiro atoms. The average Bonchev–Trinajstić information content (AvgIpc) is 2.39. The van der Waals surface area contributed by atoms with E-state index in [0.29, 0.717) is 26.1 Å². The molecule has 0 saturated carbocycles. The molecule has 1 aromatic rings. The number of benzene rings is 1. The van der Waals surface area contributed by atoms with Crippen molar-refractivity contribution in [2.45, 2.75) is 19.4 Å². The summed E-state index contributed by atoms with van der Waals surface area (Å²) in [6.45, 7) is 3.13. The van der Waals surface area contributed by atoms with Gasteiger partial charge in [0, 0.05) is 25.7 Å². The summed E-state index contributed by atoms with van der Waals surface area (Å²) in [4.78, 5) is 26.2. The SMILES string of the molecule is CC1CN(C(=O)O)CCN1C(=O)Cc1ccccc1. The van der Waals surface area contributed by atoms with E-state index >= 15 is 0 Å². The van der Waals surface area contributed by atoms with Gasteiger partial charge in [-0.1, -0.05) is 30.3 Å². The van der Waals surface area contributed by atoms with Crippen LogP contribution in [0.5, 0.6) is 0 Å². The van der Waals surface area contributed by atoms with Crippen LogP contribution in [0.3, 0.4) is 0 Å². The fourth-order valence-electron chi connectivity index (χ4n) is 2.37. The first-order chi connectivity index (χ1) is 9.08. The Hall–Kier alpha value is -2.04. The summed E-state index contributed by atoms with van der Waals surface area (Å²) >= 11 is 0. The molecule has 5 nitrogen and oxygen atoms in total. The molecular formula is C14H18N2O3. The van der Waals surface area contributed by atoms with Gasteiger partial charge in [0.25, 0.3) is 0 Å². The molecule has 1 unspecified atom stereocenters. The molecule has 1 heterocycles. The molecule has 1 saturated heterocycles. The number of nitrogens with zero attached hydrogens (tertiary/aromatic N) is 2. The van der Waals surface area contributed by atoms with Crippen LogP contribution >= 0.6 is 0 Å². The lowest BCUT2D eigenvalue weighted by molar-refractivity contribution is -0.134. The van der Waals surface area contributed by atoms with E-state index < -0.39 is 6.09 Å². The van der Waals surface area contributed by atoms with E-state index in [4.69, 9.17) is 5.11 Å². The molecule has 0 radical (unpaired) electrons. The van der Waals surface area contributed by atoms with Gasteiger partial charge in [-0.3, -0.25) is 4.79 Å². The molecule has 5 heteroatoms. The largest absolute Gasteiger partial charge is 0.465 e. The van der Waals surface area contributed by atoms with Crippen molar-refractivity contribution in [3.8, 4) is 0 Å². The highest BCUT2D eigenvalue weighted by atomic mass is 16.4. The molecule has 102 valence electrons. The summed E-state index contributed by atoms with van der Waals surface area (Å²) in [7, 11) is 0. The van der Waals surface area contributed by atoms with Crippen LogP contribution in [0.25, 0.3) is 0 Å². The van der Waals surface area contributed by atoms with Gasteiger partial charge >= 0.3 is 6.09 Å². The van der Waals surface area contributed by atoms with Gasteiger partial charge in [0.1, 0.15) is 0 Å². The first-order valence-electron chi connectivity index (χ1n) is 6.39. The minimum atomic E-state index is -0.915. The summed E-state index contributed by atoms with van der Waals surface area (Å²) in [5, 5.41) is 8.94. The van der Waals surface area contributed by atoms with Crippen LogP contribution in [-0.4, -0.2) is 52.6 Å². The molecule has 2 amide bonds. The molecular weight excluding hydrogens is 244 g/mol. The highest BCUT2D eigenvalue weighted by Gasteiger charge is 2.29. The quantitative estimate of drug-likeness (QED) is 0.877. The topological polar surface area (TPSA) is 60.9 Å². The Morgan fingerprint density at radius 3 is 2.53 bits per heavy atom. The molecule has 1 atom stereocenters. The third-order valence-corrected chi connectivity index (χ3v) is 3.42. The Balaban J connectivity index is 1.95. The van der Waals surface area contributed by atoms with Gasteiger partial charge in [0.2, 0.25) is 5.91 Å². The third-order valence-electron chi connectivity index (χ3n) is 3.42. The molecule has 0 aromatic heterocycles. The van der Waals surface area contributed by atoms with Crippen LogP contribution in [0.15, 0.2) is 30.3 Å². The van der Waals surface area contributed by atoms with Gasteiger partial charge in [0.05, 0.1) is 6.42 Å². The Morgan fingerprint density at radius 1 is 1.26 bits per heavy atom. The van der Waals surface area contributed by atoms with Crippen molar-refractivity contribution >= 4 is 12.0 Å². The van der Waals surface area contributed by atoms with Crippen LogP contribution < -0.4 is 0 Å². The van der Waals surface area contributed by atoms with Crippen LogP contribution in [0.4, 0.5) is 4.79 Å². The summed E-state index contributed by atoms with van der Waals surface area (Å²) in [5.74, 6) is 0.0590. The van der Waals surface area contributed by atoms with Crippen molar-refractivity contribution in [1.82, 2.24) is 9.80 Å². The molecule has 1 aromatic carbocycles. The van der Waals surface area contributed by atoms with Crippen LogP contribution in [0.1, 0.15) is 12.5 Å². The molecule has 0 bridgehead atoms. The Morgan fingerprint density at radius 2 is 1.95 bits per heavy atom. The monoisotopic (exact) mass is 262 g/mol. The summed E-state index contributed by atoms with van der Waals surface area (Å²) in [6.07, 6.45) is -0.542. The number of carbonyl (C=O) groups excluding carboxylic acids is 1. The summed E-state index contributed by atoms with van der Waals surface area (Å²) < 4.78 is 0. The molecule has 1 aliphatic rings. The predicted octanol–water partition coefficient (Wildman–Crippen LogP) is 1.44. The fraction of sp³-hybridized carbons (Fsp3) is 0.429. The van der Waals surface area contributed by atoms with Crippen LogP contribution in [0.2, 0.25) is 0 Å². The highest BCUT2D eigenvalue weighted by molar-refractivity contribution is 5.79. The number of carbonyl (C=O) groups is 2. The van der Waals surface area contributed by atoms with E-state index in [1.54, 1.807) is 4.90 Å². The summed E-state index contributed by atoms with van der Waals surface area (Å²) in [6, 6.07) is 9.53. The zero-order chi connectivity index (χ0) is 13.8. The number of piperazine rings is 1. The molecule has 1 N–H and O–H groups in total. The van der Waals surface area contributed by atoms with Crippen molar-refractivity contribution in [2.75, 3.05) is 19.6 Å². The van der Waals surface area contributed by atoms with Crippen molar-refractivity contribution in [1.29, 1.82) is 0 Å². The van der Waals surface area contributed by atoms with Gasteiger partial charge in [-0.2, -0.15) is 0 Å². The lowest BCUT2D eigenvalue weighted by Crippen LogP contribution is -2.55. The number of hydrogen-bond donors (Lipinski definition) is 1. The van der Waals surface area contributed by atoms with Crippen molar-refractivity contribution in [3.05, 3.63) is 35.9 Å². The standard InChI is InChI=1S/C14H18N2O3/c1-11-10-15(14(18)19)7-8-16(11)13(17)9-12-5-3-2-4-6-12/h2-6,11H,7-10H2,1H3,(H,18,19). The fourth-order valence-corrected chi connectivity index (χ4v) is 2.37. The second-order valence-electron chi connectivity index (χ2n) is 4.83. The van der Waals surface area contributed by atoms with Gasteiger partial charge < -0.3 is 14.9 Å². The lowest BCUT2D eigenvalue weighted by Gasteiger charge is -2.38. The number of amides is 2. The Labute approximate surface area is 112 Å². The molecule has 1 aliphatic heterocycles. The predicted molar refractivity (Wildman–Crippen MR) is 70.9 cm³/mol. The minimum absolute atomic E-state index is 0.0590. The van der Waals surface area contributed by atoms with Gasteiger partial charge in [-0.05, 0) is 12.5 Å². The zero-order valence-electron chi connectivity index (χ0n) is 11.0. The number of carboxylic acid groups (broad SMARTS) is 1. The van der Waals surface area contributed by atoms with Gasteiger partial charge in [-0.15, -0.1) is 0 Å². The van der Waals surface area contributed by atoms with Crippen LogP contribution in [-0.2, 0) is 11.2 Å². The second-order valence-corrected chi connectivity index (χ2v) is 4.83. The molecule has 19 heavy (non-hydrogen) atoms. The first-order valence-corrected chi connectivity index (χ1v) is 6.39. The van der Waals surface area contributed by atoms with E-state index in [1.807, 2.05) is 37.3 Å². The maximum absolute atomic E-state index is 12.2. The van der Waals surface area contributed by atoms with E-state index in [9.17, 15) is 9.59 Å². The maximum Gasteiger partial charge on any atom is 0.407 e. The number of hydrogen-bond acceptors (Lipinski definition) is 2. The van der Waals surface area contributed by atoms with E-state index in [1.165, 1.54) is 4.90 Å². The van der Waals surface area contributed by atoms with E-state index in [2.05, 4.69) is 0 Å². The third kappa shape index (κ3) is 3.24. The van der Waals surface area contributed by atoms with E-state index in [-0.39, 0.29) is 11.9 Å². The summed E-state index contributed by atoms with van der Waals surface area (Å²) in [5.41, 5.74) is 0.986.